The highest BCUT2D eigenvalue weighted by Crippen LogP contribution is 2.29. The van der Waals surface area contributed by atoms with Gasteiger partial charge in [0.25, 0.3) is 0 Å². The minimum absolute atomic E-state index is 0.309. The number of nitrogens with one attached hydrogen (secondary N) is 1. The van der Waals surface area contributed by atoms with Crippen LogP contribution in [0.4, 0.5) is 10.5 Å². The lowest BCUT2D eigenvalue weighted by atomic mass is 10.0. The number of aliphatic hydroxyl groups excluding tert-OH is 1. The largest absolute Gasteiger partial charge is 0.444 e. The number of carbonyl (C=O) groups excluding carboxylic acids is 1. The van der Waals surface area contributed by atoms with Crippen molar-refractivity contribution < 1.29 is 14.6 Å². The molecular formula is C16H20ClN2O3. The Balaban J connectivity index is 3.01. The highest BCUT2D eigenvalue weighted by atomic mass is 35.5. The third kappa shape index (κ3) is 5.92. The number of benzene rings is 1. The van der Waals surface area contributed by atoms with Crippen LogP contribution >= 0.6 is 11.6 Å². The van der Waals surface area contributed by atoms with Gasteiger partial charge in [-0.1, -0.05) is 11.6 Å². The highest BCUT2D eigenvalue weighted by molar-refractivity contribution is 6.34. The summed E-state index contributed by atoms with van der Waals surface area (Å²) in [5, 5.41) is 21.2. The van der Waals surface area contributed by atoms with E-state index in [1.165, 1.54) is 6.07 Å². The van der Waals surface area contributed by atoms with Crippen LogP contribution in [0.2, 0.25) is 5.02 Å². The number of hydrogen-bond donors (Lipinski definition) is 2. The molecule has 1 aromatic carbocycles. The lowest BCUT2D eigenvalue weighted by Gasteiger charge is -2.20. The zero-order chi connectivity index (χ0) is 16.9. The summed E-state index contributed by atoms with van der Waals surface area (Å²) in [6, 6.07) is 5.13. The van der Waals surface area contributed by atoms with Crippen molar-refractivity contribution in [2.45, 2.75) is 45.3 Å². The van der Waals surface area contributed by atoms with E-state index in [0.29, 0.717) is 34.7 Å². The molecule has 0 aliphatic rings. The smallest absolute Gasteiger partial charge is 0.412 e. The van der Waals surface area contributed by atoms with Gasteiger partial charge >= 0.3 is 6.09 Å². The van der Waals surface area contributed by atoms with Crippen molar-refractivity contribution in [3.63, 3.8) is 0 Å². The second-order valence-electron chi connectivity index (χ2n) is 5.93. The topological polar surface area (TPSA) is 82.4 Å². The Morgan fingerprint density at radius 2 is 2.18 bits per heavy atom. The fourth-order valence-electron chi connectivity index (χ4n) is 1.76. The Hall–Kier alpha value is -1.77. The number of hydrogen-bond acceptors (Lipinski definition) is 4. The van der Waals surface area contributed by atoms with E-state index in [2.05, 4.69) is 12.2 Å². The van der Waals surface area contributed by atoms with Gasteiger partial charge in [-0.3, -0.25) is 5.32 Å². The van der Waals surface area contributed by atoms with Crippen molar-refractivity contribution in [2.75, 3.05) is 5.32 Å². The summed E-state index contributed by atoms with van der Waals surface area (Å²) in [7, 11) is 0. The van der Waals surface area contributed by atoms with Gasteiger partial charge < -0.3 is 9.84 Å². The first-order valence-electron chi connectivity index (χ1n) is 6.86. The standard InChI is InChI=1S/C16H20ClN2O3/c1-10(20)5-6-12-7-11(9-18)8-13(14(12)17)19-15(21)22-16(2,3)4/h7-8,10,20H,1,5-6H2,2-4H3,(H,19,21). The molecule has 0 saturated carbocycles. The second kappa shape index (κ2) is 7.48. The number of carbonyl (C=O) groups is 1. The Kier molecular flexibility index (Phi) is 6.21. The monoisotopic (exact) mass is 323 g/mol. The number of halogens is 1. The molecule has 0 bridgehead atoms. The summed E-state index contributed by atoms with van der Waals surface area (Å²) in [4.78, 5) is 11.8. The van der Waals surface area contributed by atoms with Gasteiger partial charge in [0.2, 0.25) is 0 Å². The van der Waals surface area contributed by atoms with E-state index in [1.54, 1.807) is 26.8 Å². The molecule has 5 nitrogen and oxygen atoms in total. The first-order valence-corrected chi connectivity index (χ1v) is 7.24. The van der Waals surface area contributed by atoms with Crippen molar-refractivity contribution >= 4 is 23.4 Å². The van der Waals surface area contributed by atoms with Gasteiger partial charge in [0.15, 0.2) is 0 Å². The summed E-state index contributed by atoms with van der Waals surface area (Å²) in [5.41, 5.74) is 0.700. The first-order chi connectivity index (χ1) is 10.1. The van der Waals surface area contributed by atoms with Crippen molar-refractivity contribution in [1.82, 2.24) is 0 Å². The average molecular weight is 324 g/mol. The summed E-state index contributed by atoms with van der Waals surface area (Å²) in [5.74, 6) is 0. The van der Waals surface area contributed by atoms with Crippen LogP contribution in [0.3, 0.4) is 0 Å². The molecule has 0 fully saturated rings. The van der Waals surface area contributed by atoms with Crippen molar-refractivity contribution in [2.24, 2.45) is 0 Å². The maximum absolute atomic E-state index is 11.8. The Bertz CT molecular complexity index is 586. The molecule has 0 aromatic heterocycles. The SMILES string of the molecule is [CH2]C(O)CCc1cc(C#N)cc(NC(=O)OC(C)(C)C)c1Cl. The summed E-state index contributed by atoms with van der Waals surface area (Å²) >= 11 is 6.25. The van der Waals surface area contributed by atoms with Crippen molar-refractivity contribution in [3.05, 3.63) is 35.2 Å². The zero-order valence-corrected chi connectivity index (χ0v) is 13.7. The van der Waals surface area contributed by atoms with E-state index < -0.39 is 17.8 Å². The van der Waals surface area contributed by atoms with Gasteiger partial charge in [-0.15, -0.1) is 0 Å². The number of nitrogens with zero attached hydrogens (tertiary/aromatic N) is 1. The van der Waals surface area contributed by atoms with Crippen LogP contribution in [0.25, 0.3) is 0 Å². The molecule has 6 heteroatoms. The number of ether oxygens (including phenoxy) is 1. The number of rotatable bonds is 4. The molecule has 22 heavy (non-hydrogen) atoms. The zero-order valence-electron chi connectivity index (χ0n) is 12.9. The third-order valence-corrected chi connectivity index (χ3v) is 3.11. The first kappa shape index (κ1) is 18.3. The summed E-state index contributed by atoms with van der Waals surface area (Å²) in [6.07, 6.45) is -0.514. The molecule has 1 amide bonds. The second-order valence-corrected chi connectivity index (χ2v) is 6.31. The predicted octanol–water partition coefficient (Wildman–Crippen LogP) is 3.69. The molecule has 0 heterocycles. The van der Waals surface area contributed by atoms with Crippen molar-refractivity contribution in [1.29, 1.82) is 5.26 Å². The maximum Gasteiger partial charge on any atom is 0.412 e. The lowest BCUT2D eigenvalue weighted by Crippen LogP contribution is -2.27. The summed E-state index contributed by atoms with van der Waals surface area (Å²) < 4.78 is 5.17. The third-order valence-electron chi connectivity index (χ3n) is 2.66. The van der Waals surface area contributed by atoms with Gasteiger partial charge in [0.1, 0.15) is 5.60 Å². The molecule has 0 aliphatic carbocycles. The molecule has 1 aromatic rings. The van der Waals surface area contributed by atoms with E-state index in [1.807, 2.05) is 6.07 Å². The van der Waals surface area contributed by atoms with Crippen LogP contribution in [-0.2, 0) is 11.2 Å². The van der Waals surface area contributed by atoms with Gasteiger partial charge in [-0.25, -0.2) is 4.79 Å². The summed E-state index contributed by atoms with van der Waals surface area (Å²) in [6.45, 7) is 8.75. The molecule has 0 saturated heterocycles. The average Bonchev–Trinajstić information content (AvgIpc) is 2.37. The molecule has 1 rings (SSSR count). The van der Waals surface area contributed by atoms with Gasteiger partial charge in [-0.05, 0) is 58.2 Å². The molecular weight excluding hydrogens is 304 g/mol. The van der Waals surface area contributed by atoms with Gasteiger partial charge in [0.05, 0.1) is 28.4 Å². The minimum Gasteiger partial charge on any atom is -0.444 e. The number of aryl methyl sites for hydroxylation is 1. The predicted molar refractivity (Wildman–Crippen MR) is 85.7 cm³/mol. The number of nitriles is 1. The van der Waals surface area contributed by atoms with E-state index in [9.17, 15) is 9.90 Å². The van der Waals surface area contributed by atoms with E-state index in [4.69, 9.17) is 21.6 Å². The van der Waals surface area contributed by atoms with E-state index >= 15 is 0 Å². The Labute approximate surface area is 135 Å². The number of anilines is 1. The molecule has 0 spiro atoms. The molecule has 119 valence electrons. The Morgan fingerprint density at radius 1 is 1.55 bits per heavy atom. The molecule has 1 radical (unpaired) electrons. The number of aliphatic hydroxyl groups is 1. The fourth-order valence-corrected chi connectivity index (χ4v) is 2.01. The van der Waals surface area contributed by atoms with Crippen LogP contribution < -0.4 is 5.32 Å². The normalized spacial score (nSPS) is 12.4. The van der Waals surface area contributed by atoms with Crippen LogP contribution in [0.15, 0.2) is 12.1 Å². The van der Waals surface area contributed by atoms with Crippen LogP contribution in [0.1, 0.15) is 38.3 Å². The fraction of sp³-hybridized carbons (Fsp3) is 0.438. The lowest BCUT2D eigenvalue weighted by molar-refractivity contribution is 0.0636. The Morgan fingerprint density at radius 3 is 2.68 bits per heavy atom. The van der Waals surface area contributed by atoms with Crippen LogP contribution in [0.5, 0.6) is 0 Å². The molecule has 0 aliphatic heterocycles. The van der Waals surface area contributed by atoms with Crippen LogP contribution in [0, 0.1) is 18.3 Å². The molecule has 1 unspecified atom stereocenters. The van der Waals surface area contributed by atoms with E-state index in [0.717, 1.165) is 0 Å². The van der Waals surface area contributed by atoms with E-state index in [-0.39, 0.29) is 0 Å². The quantitative estimate of drug-likeness (QED) is 0.885. The highest BCUT2D eigenvalue weighted by Gasteiger charge is 2.18. The van der Waals surface area contributed by atoms with Crippen molar-refractivity contribution in [3.8, 4) is 6.07 Å². The van der Waals surface area contributed by atoms with Gasteiger partial charge in [0, 0.05) is 0 Å². The minimum atomic E-state index is -0.718. The maximum atomic E-state index is 11.8. The van der Waals surface area contributed by atoms with Crippen LogP contribution in [-0.4, -0.2) is 22.9 Å². The van der Waals surface area contributed by atoms with Gasteiger partial charge in [-0.2, -0.15) is 5.26 Å². The number of amides is 1. The molecule has 2 N–H and O–H groups in total. The molecule has 1 atom stereocenters.